The van der Waals surface area contributed by atoms with Crippen LogP contribution in [0.2, 0.25) is 0 Å². The molecule has 7 N–H and O–H groups in total. The monoisotopic (exact) mass is 791 g/mol. The molecule has 0 saturated carbocycles. The first-order chi connectivity index (χ1) is 25.9. The zero-order chi connectivity index (χ0) is 40.0. The number of carbonyl (C=O) groups excluding carboxylic acids is 1. The lowest BCUT2D eigenvalue weighted by Crippen LogP contribution is -2.61. The molecule has 13 nitrogen and oxygen atoms in total. The number of nitrogens with one attached hydrogen (secondary N) is 1. The van der Waals surface area contributed by atoms with Gasteiger partial charge in [-0.15, -0.1) is 0 Å². The fourth-order valence-electron chi connectivity index (χ4n) is 6.26. The van der Waals surface area contributed by atoms with Crippen LogP contribution in [0, 0.1) is 0 Å². The van der Waals surface area contributed by atoms with Gasteiger partial charge in [0, 0.05) is 0 Å². The van der Waals surface area contributed by atoms with E-state index in [9.17, 15) is 38.7 Å². The second-order valence-electron chi connectivity index (χ2n) is 14.3. The van der Waals surface area contributed by atoms with E-state index in [1.54, 1.807) is 6.08 Å². The van der Waals surface area contributed by atoms with Gasteiger partial charge in [0.05, 0.1) is 25.4 Å². The van der Waals surface area contributed by atoms with Gasteiger partial charge in [-0.3, -0.25) is 9.35 Å². The maximum Gasteiger partial charge on any atom is 0.397 e. The van der Waals surface area contributed by atoms with E-state index in [2.05, 4.69) is 47.7 Å². The Kier molecular flexibility index (Phi) is 29.2. The zero-order valence-electron chi connectivity index (χ0n) is 32.9. The molecule has 0 aromatic rings. The van der Waals surface area contributed by atoms with Crippen LogP contribution in [0.5, 0.6) is 0 Å². The van der Waals surface area contributed by atoms with E-state index in [1.807, 2.05) is 0 Å². The molecule has 8 atom stereocenters. The highest BCUT2D eigenvalue weighted by atomic mass is 32.3. The number of amides is 1. The number of rotatable bonds is 33. The molecule has 1 saturated heterocycles. The minimum atomic E-state index is -5.11. The normalized spacial score (nSPS) is 22.7. The topological polar surface area (TPSA) is 212 Å². The predicted molar refractivity (Wildman–Crippen MR) is 210 cm³/mol. The molecular formula is C40H73NO12S. The van der Waals surface area contributed by atoms with Gasteiger partial charge >= 0.3 is 10.4 Å². The zero-order valence-corrected chi connectivity index (χ0v) is 33.7. The number of hydrogen-bond donors (Lipinski definition) is 7. The van der Waals surface area contributed by atoms with Gasteiger partial charge in [0.1, 0.15) is 30.5 Å². The van der Waals surface area contributed by atoms with Gasteiger partial charge in [-0.2, -0.15) is 8.42 Å². The Bertz CT molecular complexity index is 1130. The van der Waals surface area contributed by atoms with Crippen molar-refractivity contribution >= 4 is 16.3 Å². The third-order valence-electron chi connectivity index (χ3n) is 9.53. The molecular weight excluding hydrogens is 719 g/mol. The molecule has 14 heteroatoms. The highest BCUT2D eigenvalue weighted by molar-refractivity contribution is 7.80. The molecule has 0 bridgehead atoms. The molecule has 1 aliphatic heterocycles. The number of ether oxygens (including phenoxy) is 2. The van der Waals surface area contributed by atoms with Crippen molar-refractivity contribution in [3.8, 4) is 0 Å². The fraction of sp³-hybridized carbons (Fsp3) is 0.825. The molecule has 0 aromatic carbocycles. The minimum Gasteiger partial charge on any atom is -0.394 e. The quantitative estimate of drug-likeness (QED) is 0.0241. The van der Waals surface area contributed by atoms with Gasteiger partial charge in [0.15, 0.2) is 6.29 Å². The van der Waals surface area contributed by atoms with Crippen LogP contribution in [-0.2, 0) is 28.9 Å². The third kappa shape index (κ3) is 24.0. The smallest absolute Gasteiger partial charge is 0.394 e. The summed E-state index contributed by atoms with van der Waals surface area (Å²) in [4.78, 5) is 13.0. The van der Waals surface area contributed by atoms with E-state index in [0.717, 1.165) is 51.4 Å². The van der Waals surface area contributed by atoms with Gasteiger partial charge in [-0.05, 0) is 44.9 Å². The standard InChI is InChI=1S/C40H73NO12S/c1-3-5-7-9-10-11-12-13-14-15-16-17-18-19-20-21-22-23-25-27-29-34(44)39(47)41-32(33(43)28-26-24-8-6-4-2)31-51-40-37(46)38(53-54(48,49)50)36(45)35(30-42)52-40/h5,7,10-11,26,28,32-38,40,42-46H,3-4,6,8-9,12-25,27,29-31H2,1-2H3,(H,41,47)(H,48,49,50)/b7-5-,11-10-,28-26+. The summed E-state index contributed by atoms with van der Waals surface area (Å²) >= 11 is 0. The lowest BCUT2D eigenvalue weighted by Gasteiger charge is -2.41. The van der Waals surface area contributed by atoms with Crippen molar-refractivity contribution in [2.75, 3.05) is 13.2 Å². The fourth-order valence-corrected chi connectivity index (χ4v) is 6.77. The summed E-state index contributed by atoms with van der Waals surface area (Å²) in [5, 5.41) is 54.6. The van der Waals surface area contributed by atoms with Crippen LogP contribution < -0.4 is 5.32 Å². The first-order valence-corrected chi connectivity index (χ1v) is 21.8. The molecule has 1 heterocycles. The van der Waals surface area contributed by atoms with Crippen LogP contribution in [0.4, 0.5) is 0 Å². The average Bonchev–Trinajstić information content (AvgIpc) is 3.14. The molecule has 8 unspecified atom stereocenters. The summed E-state index contributed by atoms with van der Waals surface area (Å²) in [5.41, 5.74) is 0. The van der Waals surface area contributed by atoms with Gasteiger partial charge in [0.25, 0.3) is 0 Å². The second kappa shape index (κ2) is 31.4. The third-order valence-corrected chi connectivity index (χ3v) is 10.00. The van der Waals surface area contributed by atoms with Crippen LogP contribution in [-0.4, -0.2) is 107 Å². The Balaban J connectivity index is 2.43. The first kappa shape index (κ1) is 50.3. The van der Waals surface area contributed by atoms with Crippen molar-refractivity contribution in [1.82, 2.24) is 5.32 Å². The van der Waals surface area contributed by atoms with E-state index in [-0.39, 0.29) is 6.42 Å². The summed E-state index contributed by atoms with van der Waals surface area (Å²) < 4.78 is 47.1. The predicted octanol–water partition coefficient (Wildman–Crippen LogP) is 5.74. The number of aliphatic hydroxyl groups is 5. The maximum atomic E-state index is 13.0. The van der Waals surface area contributed by atoms with E-state index in [1.165, 1.54) is 70.3 Å². The Hall–Kier alpha value is -1.72. The van der Waals surface area contributed by atoms with Crippen molar-refractivity contribution in [3.63, 3.8) is 0 Å². The second-order valence-corrected chi connectivity index (χ2v) is 15.4. The van der Waals surface area contributed by atoms with Gasteiger partial charge in [-0.1, -0.05) is 140 Å². The highest BCUT2D eigenvalue weighted by Gasteiger charge is 2.48. The van der Waals surface area contributed by atoms with Gasteiger partial charge in [0.2, 0.25) is 5.91 Å². The average molecular weight is 792 g/mol. The molecule has 0 aliphatic carbocycles. The maximum absolute atomic E-state index is 13.0. The van der Waals surface area contributed by atoms with E-state index >= 15 is 0 Å². The van der Waals surface area contributed by atoms with Crippen LogP contribution in [0.15, 0.2) is 36.5 Å². The first-order valence-electron chi connectivity index (χ1n) is 20.5. The Morgan fingerprint density at radius 1 is 0.778 bits per heavy atom. The van der Waals surface area contributed by atoms with Crippen LogP contribution in [0.25, 0.3) is 0 Å². The summed E-state index contributed by atoms with van der Waals surface area (Å²) in [5.74, 6) is -0.712. The largest absolute Gasteiger partial charge is 0.397 e. The van der Waals surface area contributed by atoms with E-state index in [0.29, 0.717) is 12.8 Å². The van der Waals surface area contributed by atoms with Crippen molar-refractivity contribution in [3.05, 3.63) is 36.5 Å². The molecule has 1 rings (SSSR count). The molecule has 1 fully saturated rings. The van der Waals surface area contributed by atoms with E-state index in [4.69, 9.17) is 14.0 Å². The Labute approximate surface area is 325 Å². The van der Waals surface area contributed by atoms with Crippen LogP contribution in [0.3, 0.4) is 0 Å². The SMILES string of the molecule is CC/C=C\C/C=C\CCCCCCCCCCCCCCCC(O)C(=O)NC(COC1OC(CO)C(O)C(OS(=O)(=O)O)C1O)C(O)/C=C/CCCCC. The summed E-state index contributed by atoms with van der Waals surface area (Å²) in [6, 6.07) is -1.11. The van der Waals surface area contributed by atoms with Crippen molar-refractivity contribution < 1.29 is 57.0 Å². The minimum absolute atomic E-state index is 0.240. The number of aliphatic hydroxyl groups excluding tert-OH is 5. The van der Waals surface area contributed by atoms with Crippen molar-refractivity contribution in [1.29, 1.82) is 0 Å². The lowest BCUT2D eigenvalue weighted by molar-refractivity contribution is -0.298. The lowest BCUT2D eigenvalue weighted by atomic mass is 9.99. The summed E-state index contributed by atoms with van der Waals surface area (Å²) in [6.07, 6.45) is 23.1. The van der Waals surface area contributed by atoms with E-state index < -0.39 is 78.5 Å². The Morgan fingerprint density at radius 3 is 1.91 bits per heavy atom. The number of allylic oxidation sites excluding steroid dienone is 5. The summed E-state index contributed by atoms with van der Waals surface area (Å²) in [6.45, 7) is 2.95. The molecule has 0 spiro atoms. The Morgan fingerprint density at radius 2 is 1.33 bits per heavy atom. The molecule has 0 radical (unpaired) electrons. The van der Waals surface area contributed by atoms with Crippen LogP contribution in [0.1, 0.15) is 149 Å². The van der Waals surface area contributed by atoms with Crippen molar-refractivity contribution in [2.24, 2.45) is 0 Å². The molecule has 1 aliphatic rings. The van der Waals surface area contributed by atoms with Gasteiger partial charge < -0.3 is 40.3 Å². The molecule has 0 aromatic heterocycles. The molecule has 1 amide bonds. The number of unbranched alkanes of at least 4 members (excludes halogenated alkanes) is 16. The highest BCUT2D eigenvalue weighted by Crippen LogP contribution is 2.26. The van der Waals surface area contributed by atoms with Crippen molar-refractivity contribution in [2.45, 2.75) is 198 Å². The molecule has 316 valence electrons. The summed E-state index contributed by atoms with van der Waals surface area (Å²) in [7, 11) is -5.11. The molecule has 54 heavy (non-hydrogen) atoms. The van der Waals surface area contributed by atoms with Crippen LogP contribution >= 0.6 is 0 Å². The number of hydrogen-bond acceptors (Lipinski definition) is 11. The van der Waals surface area contributed by atoms with Gasteiger partial charge in [-0.25, -0.2) is 4.18 Å². The number of carbonyl (C=O) groups is 1.